The summed E-state index contributed by atoms with van der Waals surface area (Å²) in [6, 6.07) is 3.79. The van der Waals surface area contributed by atoms with Crippen molar-refractivity contribution >= 4 is 43.7 Å². The van der Waals surface area contributed by atoms with Gasteiger partial charge in [0, 0.05) is 17.6 Å². The van der Waals surface area contributed by atoms with E-state index >= 15 is 0 Å². The minimum Gasteiger partial charge on any atom is -0.482 e. The first-order valence-corrected chi connectivity index (χ1v) is 8.56. The highest BCUT2D eigenvalue weighted by Gasteiger charge is 2.27. The first-order valence-electron chi connectivity index (χ1n) is 6.97. The van der Waals surface area contributed by atoms with Gasteiger partial charge in [-0.1, -0.05) is 15.9 Å². The Kier molecular flexibility index (Phi) is 5.86. The van der Waals surface area contributed by atoms with Crippen molar-refractivity contribution in [2.24, 2.45) is 5.92 Å². The Morgan fingerprint density at radius 2 is 1.95 bits per heavy atom. The standard InChI is InChI=1S/C15H17Br2NO4/c1-9-6-11(16)7-12(17)14(9)22-8-13(19)18-4-2-10(3-5-18)15(20)21/h6-7,10H,2-5,8H2,1H3,(H,20,21). The fraction of sp³-hybridized carbons (Fsp3) is 0.467. The van der Waals surface area contributed by atoms with Crippen molar-refractivity contribution in [1.29, 1.82) is 0 Å². The SMILES string of the molecule is Cc1cc(Br)cc(Br)c1OCC(=O)N1CCC(C(=O)O)CC1. The lowest BCUT2D eigenvalue weighted by molar-refractivity contribution is -0.146. The summed E-state index contributed by atoms with van der Waals surface area (Å²) in [5, 5.41) is 8.96. The highest BCUT2D eigenvalue weighted by Crippen LogP contribution is 2.32. The van der Waals surface area contributed by atoms with Gasteiger partial charge in [-0.3, -0.25) is 9.59 Å². The van der Waals surface area contributed by atoms with Crippen LogP contribution in [0.4, 0.5) is 0 Å². The number of hydrogen-bond acceptors (Lipinski definition) is 3. The van der Waals surface area contributed by atoms with Crippen LogP contribution in [0.3, 0.4) is 0 Å². The molecule has 1 heterocycles. The lowest BCUT2D eigenvalue weighted by atomic mass is 9.97. The molecule has 1 saturated heterocycles. The highest BCUT2D eigenvalue weighted by atomic mass is 79.9. The summed E-state index contributed by atoms with van der Waals surface area (Å²) in [6.45, 7) is 2.81. The first kappa shape index (κ1) is 17.3. The van der Waals surface area contributed by atoms with Crippen molar-refractivity contribution in [2.45, 2.75) is 19.8 Å². The maximum Gasteiger partial charge on any atom is 0.306 e. The van der Waals surface area contributed by atoms with Crippen molar-refractivity contribution in [3.8, 4) is 5.75 Å². The zero-order valence-corrected chi connectivity index (χ0v) is 15.3. The molecule has 120 valence electrons. The molecule has 0 aliphatic carbocycles. The topological polar surface area (TPSA) is 66.8 Å². The summed E-state index contributed by atoms with van der Waals surface area (Å²) in [5.41, 5.74) is 0.929. The predicted molar refractivity (Wildman–Crippen MR) is 89.0 cm³/mol. The first-order chi connectivity index (χ1) is 10.4. The van der Waals surface area contributed by atoms with E-state index in [-0.39, 0.29) is 18.4 Å². The molecule has 1 amide bonds. The van der Waals surface area contributed by atoms with Crippen molar-refractivity contribution in [3.05, 3.63) is 26.6 Å². The van der Waals surface area contributed by atoms with Crippen LogP contribution < -0.4 is 4.74 Å². The van der Waals surface area contributed by atoms with Gasteiger partial charge in [0.25, 0.3) is 5.91 Å². The van der Waals surface area contributed by atoms with Crippen LogP contribution in [-0.2, 0) is 9.59 Å². The predicted octanol–water partition coefficient (Wildman–Crippen LogP) is 3.22. The highest BCUT2D eigenvalue weighted by molar-refractivity contribution is 9.11. The van der Waals surface area contributed by atoms with E-state index in [1.807, 2.05) is 19.1 Å². The van der Waals surface area contributed by atoms with Gasteiger partial charge in [0.05, 0.1) is 10.4 Å². The summed E-state index contributed by atoms with van der Waals surface area (Å²) < 4.78 is 7.36. The number of likely N-dealkylation sites (tertiary alicyclic amines) is 1. The summed E-state index contributed by atoms with van der Waals surface area (Å²) in [5.74, 6) is -0.583. The fourth-order valence-corrected chi connectivity index (χ4v) is 4.03. The second-order valence-electron chi connectivity index (χ2n) is 5.32. The van der Waals surface area contributed by atoms with Gasteiger partial charge in [-0.2, -0.15) is 0 Å². The Bertz CT molecular complexity index is 560. The number of carboxylic acid groups (broad SMARTS) is 1. The van der Waals surface area contributed by atoms with Gasteiger partial charge in [0.2, 0.25) is 0 Å². The third kappa shape index (κ3) is 4.23. The Labute approximate surface area is 145 Å². The zero-order valence-electron chi connectivity index (χ0n) is 12.1. The van der Waals surface area contributed by atoms with Crippen LogP contribution in [-0.4, -0.2) is 41.6 Å². The van der Waals surface area contributed by atoms with E-state index in [4.69, 9.17) is 9.84 Å². The average molecular weight is 435 g/mol. The lowest BCUT2D eigenvalue weighted by Gasteiger charge is -2.30. The number of carboxylic acids is 1. The molecule has 1 aliphatic heterocycles. The molecule has 0 atom stereocenters. The Hall–Kier alpha value is -1.08. The average Bonchev–Trinajstić information content (AvgIpc) is 2.46. The molecule has 0 saturated carbocycles. The molecule has 1 fully saturated rings. The van der Waals surface area contributed by atoms with Gasteiger partial charge < -0.3 is 14.7 Å². The number of aryl methyl sites for hydroxylation is 1. The Balaban J connectivity index is 1.90. The number of halogens is 2. The maximum absolute atomic E-state index is 12.2. The van der Waals surface area contributed by atoms with E-state index in [2.05, 4.69) is 31.9 Å². The van der Waals surface area contributed by atoms with Crippen molar-refractivity contribution < 1.29 is 19.4 Å². The van der Waals surface area contributed by atoms with Crippen molar-refractivity contribution in [3.63, 3.8) is 0 Å². The minimum absolute atomic E-state index is 0.0428. The molecule has 22 heavy (non-hydrogen) atoms. The molecule has 0 aromatic heterocycles. The Morgan fingerprint density at radius 3 is 2.50 bits per heavy atom. The number of carbonyl (C=O) groups excluding carboxylic acids is 1. The third-order valence-corrected chi connectivity index (χ3v) is 4.78. The van der Waals surface area contributed by atoms with Gasteiger partial charge in [0.15, 0.2) is 6.61 Å². The molecule has 0 bridgehead atoms. The third-order valence-electron chi connectivity index (χ3n) is 3.73. The van der Waals surface area contributed by atoms with Crippen LogP contribution in [0.2, 0.25) is 0 Å². The number of carbonyl (C=O) groups is 2. The van der Waals surface area contributed by atoms with Gasteiger partial charge in [-0.05, 0) is 53.4 Å². The molecule has 1 aliphatic rings. The normalized spacial score (nSPS) is 15.7. The number of benzene rings is 1. The molecule has 0 spiro atoms. The van der Waals surface area contributed by atoms with Gasteiger partial charge in [-0.15, -0.1) is 0 Å². The lowest BCUT2D eigenvalue weighted by Crippen LogP contribution is -2.42. The van der Waals surface area contributed by atoms with Gasteiger partial charge in [0.1, 0.15) is 5.75 Å². The second-order valence-corrected chi connectivity index (χ2v) is 7.09. The van der Waals surface area contributed by atoms with E-state index in [0.717, 1.165) is 14.5 Å². The number of nitrogens with zero attached hydrogens (tertiary/aromatic N) is 1. The summed E-state index contributed by atoms with van der Waals surface area (Å²) in [4.78, 5) is 24.7. The second kappa shape index (κ2) is 7.46. The molecule has 0 unspecified atom stereocenters. The largest absolute Gasteiger partial charge is 0.482 e. The van der Waals surface area contributed by atoms with Crippen LogP contribution in [0.15, 0.2) is 21.1 Å². The van der Waals surface area contributed by atoms with Crippen LogP contribution in [0.5, 0.6) is 5.75 Å². The summed E-state index contributed by atoms with van der Waals surface area (Å²) in [7, 11) is 0. The smallest absolute Gasteiger partial charge is 0.306 e. The molecule has 2 rings (SSSR count). The summed E-state index contributed by atoms with van der Waals surface area (Å²) >= 11 is 6.82. The molecule has 5 nitrogen and oxygen atoms in total. The molecule has 0 radical (unpaired) electrons. The number of rotatable bonds is 4. The van der Waals surface area contributed by atoms with Crippen molar-refractivity contribution in [1.82, 2.24) is 4.90 Å². The number of hydrogen-bond donors (Lipinski definition) is 1. The monoisotopic (exact) mass is 433 g/mol. The Morgan fingerprint density at radius 1 is 1.32 bits per heavy atom. The van der Waals surface area contributed by atoms with E-state index in [1.165, 1.54) is 0 Å². The van der Waals surface area contributed by atoms with Crippen LogP contribution in [0.25, 0.3) is 0 Å². The van der Waals surface area contributed by atoms with Crippen molar-refractivity contribution in [2.75, 3.05) is 19.7 Å². The van der Waals surface area contributed by atoms with Gasteiger partial charge in [-0.25, -0.2) is 0 Å². The molecule has 1 aromatic carbocycles. The maximum atomic E-state index is 12.2. The molecular formula is C15H17Br2NO4. The molecular weight excluding hydrogens is 418 g/mol. The van der Waals surface area contributed by atoms with Gasteiger partial charge >= 0.3 is 5.97 Å². The van der Waals surface area contributed by atoms with E-state index < -0.39 is 5.97 Å². The van der Waals surface area contributed by atoms with E-state index in [0.29, 0.717) is 31.7 Å². The van der Waals surface area contributed by atoms with E-state index in [9.17, 15) is 9.59 Å². The number of piperidine rings is 1. The number of amides is 1. The molecule has 1 aromatic rings. The van der Waals surface area contributed by atoms with Crippen LogP contribution in [0, 0.1) is 12.8 Å². The summed E-state index contributed by atoms with van der Waals surface area (Å²) in [6.07, 6.45) is 1.00. The minimum atomic E-state index is -0.780. The molecule has 1 N–H and O–H groups in total. The quantitative estimate of drug-likeness (QED) is 0.789. The van der Waals surface area contributed by atoms with Crippen LogP contribution in [0.1, 0.15) is 18.4 Å². The zero-order chi connectivity index (χ0) is 16.3. The molecule has 7 heteroatoms. The number of ether oxygens (including phenoxy) is 1. The van der Waals surface area contributed by atoms with Crippen LogP contribution >= 0.6 is 31.9 Å². The fourth-order valence-electron chi connectivity index (χ4n) is 2.47. The number of aliphatic carboxylic acids is 1. The van der Waals surface area contributed by atoms with E-state index in [1.54, 1.807) is 4.90 Å².